The second kappa shape index (κ2) is 8.42. The highest BCUT2D eigenvalue weighted by Gasteiger charge is 2.23. The summed E-state index contributed by atoms with van der Waals surface area (Å²) in [6, 6.07) is 10.2. The van der Waals surface area contributed by atoms with E-state index >= 15 is 0 Å². The van der Waals surface area contributed by atoms with Crippen molar-refractivity contribution in [3.63, 3.8) is 0 Å². The Balaban J connectivity index is 1.65. The number of nitrogens with zero attached hydrogens (tertiary/aromatic N) is 1. The lowest BCUT2D eigenvalue weighted by Gasteiger charge is -2.34. The molecule has 1 aromatic carbocycles. The van der Waals surface area contributed by atoms with Gasteiger partial charge < -0.3 is 10.1 Å². The van der Waals surface area contributed by atoms with Crippen molar-refractivity contribution in [1.29, 1.82) is 0 Å². The van der Waals surface area contributed by atoms with Crippen LogP contribution in [0.1, 0.15) is 34.5 Å². The van der Waals surface area contributed by atoms with E-state index in [0.29, 0.717) is 6.54 Å². The first-order valence-corrected chi connectivity index (χ1v) is 9.43. The molecular formula is C19H24N2O2S. The molecular weight excluding hydrogens is 320 g/mol. The number of carbonyl (C=O) groups excluding carboxylic acids is 1. The lowest BCUT2D eigenvalue weighted by molar-refractivity contribution is 0.0163. The second-order valence-electron chi connectivity index (χ2n) is 5.98. The summed E-state index contributed by atoms with van der Waals surface area (Å²) in [5, 5.41) is 7.37. The summed E-state index contributed by atoms with van der Waals surface area (Å²) in [4.78, 5) is 14.8. The van der Waals surface area contributed by atoms with Crippen molar-refractivity contribution in [2.45, 2.75) is 19.4 Å². The molecule has 1 saturated heterocycles. The van der Waals surface area contributed by atoms with Crippen LogP contribution in [-0.2, 0) is 11.2 Å². The van der Waals surface area contributed by atoms with E-state index in [4.69, 9.17) is 4.74 Å². The van der Waals surface area contributed by atoms with Gasteiger partial charge in [-0.3, -0.25) is 9.69 Å². The average molecular weight is 344 g/mol. The van der Waals surface area contributed by atoms with Gasteiger partial charge in [0.15, 0.2) is 0 Å². The maximum Gasteiger partial charge on any atom is 0.251 e. The van der Waals surface area contributed by atoms with Crippen LogP contribution in [0.25, 0.3) is 0 Å². The molecule has 0 bridgehead atoms. The molecule has 3 rings (SSSR count). The van der Waals surface area contributed by atoms with E-state index in [1.807, 2.05) is 24.3 Å². The van der Waals surface area contributed by atoms with E-state index < -0.39 is 0 Å². The summed E-state index contributed by atoms with van der Waals surface area (Å²) in [6.07, 6.45) is 0.985. The van der Waals surface area contributed by atoms with E-state index in [1.165, 1.54) is 11.1 Å². The highest BCUT2D eigenvalue weighted by molar-refractivity contribution is 7.07. The summed E-state index contributed by atoms with van der Waals surface area (Å²) in [7, 11) is 0. The number of nitrogens with one attached hydrogen (secondary N) is 1. The van der Waals surface area contributed by atoms with E-state index in [1.54, 1.807) is 11.3 Å². The summed E-state index contributed by atoms with van der Waals surface area (Å²) in [5.74, 6) is -0.00820. The molecule has 1 aliphatic rings. The van der Waals surface area contributed by atoms with Gasteiger partial charge in [-0.05, 0) is 46.5 Å². The average Bonchev–Trinajstić information content (AvgIpc) is 3.17. The number of rotatable bonds is 6. The molecule has 1 atom stereocenters. The predicted molar refractivity (Wildman–Crippen MR) is 97.6 cm³/mol. The Hall–Kier alpha value is -1.69. The van der Waals surface area contributed by atoms with E-state index in [9.17, 15) is 4.79 Å². The molecule has 1 N–H and O–H groups in total. The van der Waals surface area contributed by atoms with Crippen LogP contribution >= 0.6 is 11.3 Å². The number of hydrogen-bond donors (Lipinski definition) is 1. The van der Waals surface area contributed by atoms with Gasteiger partial charge in [0.2, 0.25) is 0 Å². The summed E-state index contributed by atoms with van der Waals surface area (Å²) < 4.78 is 5.46. The first-order chi connectivity index (χ1) is 11.8. The van der Waals surface area contributed by atoms with Crippen LogP contribution in [0, 0.1) is 0 Å². The fourth-order valence-electron chi connectivity index (χ4n) is 2.99. The van der Waals surface area contributed by atoms with Crippen molar-refractivity contribution in [3.8, 4) is 0 Å². The first-order valence-electron chi connectivity index (χ1n) is 8.49. The normalized spacial score (nSPS) is 16.7. The number of ether oxygens (including phenoxy) is 1. The Morgan fingerprint density at radius 2 is 2.00 bits per heavy atom. The maximum atomic E-state index is 12.4. The minimum absolute atomic E-state index is 0.00820. The molecule has 0 spiro atoms. The molecule has 1 aromatic heterocycles. The minimum Gasteiger partial charge on any atom is -0.379 e. The van der Waals surface area contributed by atoms with Crippen molar-refractivity contribution < 1.29 is 9.53 Å². The number of thiophene rings is 1. The van der Waals surface area contributed by atoms with Crippen LogP contribution in [0.4, 0.5) is 0 Å². The lowest BCUT2D eigenvalue weighted by atomic mass is 10.1. The van der Waals surface area contributed by atoms with Crippen LogP contribution in [0.15, 0.2) is 41.1 Å². The van der Waals surface area contributed by atoms with Gasteiger partial charge in [-0.15, -0.1) is 0 Å². The largest absolute Gasteiger partial charge is 0.379 e. The molecule has 1 unspecified atom stereocenters. The molecule has 1 amide bonds. The zero-order valence-electron chi connectivity index (χ0n) is 14.0. The van der Waals surface area contributed by atoms with Gasteiger partial charge in [0.05, 0.1) is 19.3 Å². The number of hydrogen-bond acceptors (Lipinski definition) is 4. The van der Waals surface area contributed by atoms with Gasteiger partial charge in [0, 0.05) is 25.2 Å². The number of morpholine rings is 1. The van der Waals surface area contributed by atoms with E-state index in [-0.39, 0.29) is 11.9 Å². The summed E-state index contributed by atoms with van der Waals surface area (Å²) >= 11 is 1.70. The molecule has 5 heteroatoms. The minimum atomic E-state index is -0.00820. The van der Waals surface area contributed by atoms with Gasteiger partial charge in [-0.25, -0.2) is 0 Å². The van der Waals surface area contributed by atoms with Gasteiger partial charge in [-0.1, -0.05) is 19.1 Å². The van der Waals surface area contributed by atoms with Crippen molar-refractivity contribution in [2.75, 3.05) is 32.8 Å². The third-order valence-electron chi connectivity index (χ3n) is 4.49. The van der Waals surface area contributed by atoms with Crippen LogP contribution in [0.3, 0.4) is 0 Å². The molecule has 0 saturated carbocycles. The Morgan fingerprint density at radius 3 is 2.62 bits per heavy atom. The smallest absolute Gasteiger partial charge is 0.251 e. The molecule has 4 nitrogen and oxygen atoms in total. The third-order valence-corrected chi connectivity index (χ3v) is 5.20. The zero-order chi connectivity index (χ0) is 16.8. The van der Waals surface area contributed by atoms with E-state index in [0.717, 1.165) is 38.3 Å². The zero-order valence-corrected chi connectivity index (χ0v) is 14.8. The van der Waals surface area contributed by atoms with Crippen molar-refractivity contribution in [1.82, 2.24) is 10.2 Å². The molecule has 2 aromatic rings. The Bertz CT molecular complexity index is 634. The van der Waals surface area contributed by atoms with Crippen molar-refractivity contribution in [2.24, 2.45) is 0 Å². The molecule has 24 heavy (non-hydrogen) atoms. The molecule has 1 fully saturated rings. The molecule has 1 aliphatic heterocycles. The van der Waals surface area contributed by atoms with Crippen LogP contribution < -0.4 is 5.32 Å². The van der Waals surface area contributed by atoms with Gasteiger partial charge in [-0.2, -0.15) is 11.3 Å². The third kappa shape index (κ3) is 4.23. The standard InChI is InChI=1S/C19H24N2O2S/c1-2-15-3-5-16(6-4-15)19(22)20-13-18(17-7-12-24-14-17)21-8-10-23-11-9-21/h3-7,12,14,18H,2,8-11,13H2,1H3,(H,20,22). The number of aryl methyl sites for hydroxylation is 1. The highest BCUT2D eigenvalue weighted by atomic mass is 32.1. The van der Waals surface area contributed by atoms with Crippen LogP contribution in [0.2, 0.25) is 0 Å². The van der Waals surface area contributed by atoms with Gasteiger partial charge >= 0.3 is 0 Å². The lowest BCUT2D eigenvalue weighted by Crippen LogP contribution is -2.43. The topological polar surface area (TPSA) is 41.6 Å². The summed E-state index contributed by atoms with van der Waals surface area (Å²) in [6.45, 7) is 6.05. The molecule has 0 radical (unpaired) electrons. The van der Waals surface area contributed by atoms with Gasteiger partial charge in [0.1, 0.15) is 0 Å². The number of amides is 1. The Morgan fingerprint density at radius 1 is 1.25 bits per heavy atom. The predicted octanol–water partition coefficient (Wildman–Crippen LogP) is 3.11. The van der Waals surface area contributed by atoms with Gasteiger partial charge in [0.25, 0.3) is 5.91 Å². The molecule has 128 valence electrons. The Labute approximate surface area is 147 Å². The molecule has 0 aliphatic carbocycles. The Kier molecular flexibility index (Phi) is 6.01. The van der Waals surface area contributed by atoms with E-state index in [2.05, 4.69) is 34.0 Å². The quantitative estimate of drug-likeness (QED) is 0.875. The van der Waals surface area contributed by atoms with Crippen LogP contribution in [0.5, 0.6) is 0 Å². The highest BCUT2D eigenvalue weighted by Crippen LogP contribution is 2.23. The second-order valence-corrected chi connectivity index (χ2v) is 6.76. The maximum absolute atomic E-state index is 12.4. The monoisotopic (exact) mass is 344 g/mol. The fourth-order valence-corrected chi connectivity index (χ4v) is 3.70. The fraction of sp³-hybridized carbons (Fsp3) is 0.421. The number of benzene rings is 1. The SMILES string of the molecule is CCc1ccc(C(=O)NCC(c2ccsc2)N2CCOCC2)cc1. The summed E-state index contributed by atoms with van der Waals surface area (Å²) in [5.41, 5.74) is 3.23. The van der Waals surface area contributed by atoms with Crippen molar-refractivity contribution >= 4 is 17.2 Å². The van der Waals surface area contributed by atoms with Crippen LogP contribution in [-0.4, -0.2) is 43.7 Å². The molecule has 2 heterocycles. The first kappa shape index (κ1) is 17.1. The number of carbonyl (C=O) groups is 1. The van der Waals surface area contributed by atoms with Crippen molar-refractivity contribution in [3.05, 3.63) is 57.8 Å².